The molecular weight excluding hydrogens is 256 g/mol. The van der Waals surface area contributed by atoms with Crippen molar-refractivity contribution in [2.45, 2.75) is 33.4 Å². The van der Waals surface area contributed by atoms with E-state index in [4.69, 9.17) is 4.74 Å². The lowest BCUT2D eigenvalue weighted by Crippen LogP contribution is -2.18. The summed E-state index contributed by atoms with van der Waals surface area (Å²) in [4.78, 5) is 5.20. The van der Waals surface area contributed by atoms with Crippen molar-refractivity contribution in [1.82, 2.24) is 10.3 Å². The molecule has 0 saturated heterocycles. The van der Waals surface area contributed by atoms with Crippen molar-refractivity contribution in [3.63, 3.8) is 0 Å². The van der Waals surface area contributed by atoms with Crippen LogP contribution >= 0.6 is 11.3 Å². The van der Waals surface area contributed by atoms with Gasteiger partial charge in [-0.1, -0.05) is 24.6 Å². The summed E-state index contributed by atoms with van der Waals surface area (Å²) in [6.07, 6.45) is 1.85. The molecule has 2 rings (SSSR count). The second-order valence-corrected chi connectivity index (χ2v) is 5.55. The molecule has 102 valence electrons. The van der Waals surface area contributed by atoms with E-state index in [0.29, 0.717) is 12.6 Å². The van der Waals surface area contributed by atoms with Crippen molar-refractivity contribution in [2.24, 2.45) is 0 Å². The van der Waals surface area contributed by atoms with Gasteiger partial charge in [-0.15, -0.1) is 11.3 Å². The van der Waals surface area contributed by atoms with E-state index < -0.39 is 0 Å². The predicted octanol–water partition coefficient (Wildman–Crippen LogP) is 3.70. The molecule has 2 aromatic rings. The molecular formula is C15H20N2OS. The Morgan fingerprint density at radius 3 is 2.95 bits per heavy atom. The van der Waals surface area contributed by atoms with Gasteiger partial charge in [0.05, 0.1) is 10.4 Å². The van der Waals surface area contributed by atoms with Gasteiger partial charge < -0.3 is 10.1 Å². The number of aryl methyl sites for hydroxylation is 1. The molecule has 0 spiro atoms. The number of aromatic nitrogens is 1. The van der Waals surface area contributed by atoms with Gasteiger partial charge in [-0.25, -0.2) is 0 Å². The number of nitrogens with zero attached hydrogens (tertiary/aromatic N) is 1. The van der Waals surface area contributed by atoms with Crippen LogP contribution in [0.5, 0.6) is 5.75 Å². The summed E-state index contributed by atoms with van der Waals surface area (Å²) < 4.78 is 5.93. The third-order valence-corrected chi connectivity index (χ3v) is 3.75. The molecule has 0 radical (unpaired) electrons. The Morgan fingerprint density at radius 2 is 2.26 bits per heavy atom. The van der Waals surface area contributed by atoms with Gasteiger partial charge in [0.25, 0.3) is 0 Å². The van der Waals surface area contributed by atoms with Crippen LogP contribution in [0.3, 0.4) is 0 Å². The van der Waals surface area contributed by atoms with Crippen LogP contribution < -0.4 is 10.1 Å². The van der Waals surface area contributed by atoms with E-state index in [1.165, 1.54) is 11.1 Å². The highest BCUT2D eigenvalue weighted by atomic mass is 32.1. The number of rotatable bonds is 6. The molecule has 0 aliphatic heterocycles. The van der Waals surface area contributed by atoms with Crippen LogP contribution in [0.1, 0.15) is 35.9 Å². The van der Waals surface area contributed by atoms with Crippen molar-refractivity contribution in [2.75, 3.05) is 6.54 Å². The van der Waals surface area contributed by atoms with Crippen LogP contribution in [0.15, 0.2) is 29.9 Å². The lowest BCUT2D eigenvalue weighted by Gasteiger charge is -2.18. The Kier molecular flexibility index (Phi) is 4.93. The smallest absolute Gasteiger partial charge is 0.124 e. The van der Waals surface area contributed by atoms with Gasteiger partial charge in [-0.2, -0.15) is 0 Å². The van der Waals surface area contributed by atoms with Crippen LogP contribution in [0.4, 0.5) is 0 Å². The first-order valence-electron chi connectivity index (χ1n) is 6.54. The monoisotopic (exact) mass is 276 g/mol. The fourth-order valence-electron chi connectivity index (χ4n) is 2.02. The third-order valence-electron chi connectivity index (χ3n) is 3.00. The molecule has 1 atom stereocenters. The maximum atomic E-state index is 5.93. The summed E-state index contributed by atoms with van der Waals surface area (Å²) in [5.74, 6) is 0.951. The maximum Gasteiger partial charge on any atom is 0.124 e. The molecule has 3 nitrogen and oxygen atoms in total. The van der Waals surface area contributed by atoms with Crippen molar-refractivity contribution in [3.8, 4) is 5.75 Å². The SMILES string of the molecule is CCNC(C)c1cc(C)ccc1OCc1cncs1. The summed E-state index contributed by atoms with van der Waals surface area (Å²) in [6.45, 7) is 7.92. The highest BCUT2D eigenvalue weighted by molar-refractivity contribution is 7.09. The lowest BCUT2D eigenvalue weighted by atomic mass is 10.0. The van der Waals surface area contributed by atoms with Crippen LogP contribution in [0.25, 0.3) is 0 Å². The highest BCUT2D eigenvalue weighted by Gasteiger charge is 2.11. The second kappa shape index (κ2) is 6.68. The average molecular weight is 276 g/mol. The van der Waals surface area contributed by atoms with E-state index in [2.05, 4.69) is 49.3 Å². The molecule has 4 heteroatoms. The molecule has 1 unspecified atom stereocenters. The third kappa shape index (κ3) is 3.78. The maximum absolute atomic E-state index is 5.93. The number of ether oxygens (including phenoxy) is 1. The van der Waals surface area contributed by atoms with E-state index in [1.807, 2.05) is 11.7 Å². The zero-order chi connectivity index (χ0) is 13.7. The fourth-order valence-corrected chi connectivity index (χ4v) is 2.52. The molecule has 19 heavy (non-hydrogen) atoms. The summed E-state index contributed by atoms with van der Waals surface area (Å²) in [5.41, 5.74) is 4.30. The summed E-state index contributed by atoms with van der Waals surface area (Å²) >= 11 is 1.62. The summed E-state index contributed by atoms with van der Waals surface area (Å²) in [5, 5.41) is 3.43. The Labute approximate surface area is 118 Å². The molecule has 0 aliphatic carbocycles. The number of thiazole rings is 1. The zero-order valence-electron chi connectivity index (χ0n) is 11.6. The Balaban J connectivity index is 2.14. The van der Waals surface area contributed by atoms with Crippen molar-refractivity contribution < 1.29 is 4.74 Å². The lowest BCUT2D eigenvalue weighted by molar-refractivity contribution is 0.303. The van der Waals surface area contributed by atoms with Gasteiger partial charge in [0.2, 0.25) is 0 Å². The molecule has 0 aliphatic rings. The quantitative estimate of drug-likeness (QED) is 0.873. The summed E-state index contributed by atoms with van der Waals surface area (Å²) in [7, 11) is 0. The normalized spacial score (nSPS) is 12.4. The molecule has 1 heterocycles. The van der Waals surface area contributed by atoms with Crippen LogP contribution in [0, 0.1) is 6.92 Å². The minimum atomic E-state index is 0.293. The highest BCUT2D eigenvalue weighted by Crippen LogP contribution is 2.27. The first-order valence-corrected chi connectivity index (χ1v) is 7.42. The predicted molar refractivity (Wildman–Crippen MR) is 79.7 cm³/mol. The van der Waals surface area contributed by atoms with Crippen molar-refractivity contribution >= 4 is 11.3 Å². The van der Waals surface area contributed by atoms with Crippen LogP contribution in [-0.4, -0.2) is 11.5 Å². The molecule has 1 aromatic carbocycles. The summed E-state index contributed by atoms with van der Waals surface area (Å²) in [6, 6.07) is 6.63. The first kappa shape index (κ1) is 14.0. The second-order valence-electron chi connectivity index (χ2n) is 4.58. The minimum absolute atomic E-state index is 0.293. The van der Waals surface area contributed by atoms with Gasteiger partial charge in [-0.3, -0.25) is 4.98 Å². The molecule has 1 aromatic heterocycles. The van der Waals surface area contributed by atoms with Gasteiger partial charge >= 0.3 is 0 Å². The van der Waals surface area contributed by atoms with Crippen LogP contribution in [-0.2, 0) is 6.61 Å². The molecule has 1 N–H and O–H groups in total. The number of nitrogens with one attached hydrogen (secondary N) is 1. The van der Waals surface area contributed by atoms with E-state index in [1.54, 1.807) is 11.3 Å². The Hall–Kier alpha value is -1.39. The minimum Gasteiger partial charge on any atom is -0.488 e. The van der Waals surface area contributed by atoms with E-state index >= 15 is 0 Å². The number of benzene rings is 1. The molecule has 0 saturated carbocycles. The zero-order valence-corrected chi connectivity index (χ0v) is 12.5. The van der Waals surface area contributed by atoms with Gasteiger partial charge in [-0.05, 0) is 26.5 Å². The fraction of sp³-hybridized carbons (Fsp3) is 0.400. The standard InChI is InChI=1S/C15H20N2OS/c1-4-17-12(3)14-7-11(2)5-6-15(14)18-9-13-8-16-10-19-13/h5-8,10,12,17H,4,9H2,1-3H3. The first-order chi connectivity index (χ1) is 9.20. The van der Waals surface area contributed by atoms with E-state index in [9.17, 15) is 0 Å². The largest absolute Gasteiger partial charge is 0.488 e. The van der Waals surface area contributed by atoms with Gasteiger partial charge in [0, 0.05) is 17.8 Å². The Morgan fingerprint density at radius 1 is 1.42 bits per heavy atom. The van der Waals surface area contributed by atoms with Crippen molar-refractivity contribution in [3.05, 3.63) is 45.9 Å². The van der Waals surface area contributed by atoms with Gasteiger partial charge in [0.15, 0.2) is 0 Å². The van der Waals surface area contributed by atoms with Crippen LogP contribution in [0.2, 0.25) is 0 Å². The topological polar surface area (TPSA) is 34.1 Å². The molecule has 0 fully saturated rings. The number of hydrogen-bond acceptors (Lipinski definition) is 4. The average Bonchev–Trinajstić information content (AvgIpc) is 2.90. The Bertz CT molecular complexity index is 511. The van der Waals surface area contributed by atoms with Crippen molar-refractivity contribution in [1.29, 1.82) is 0 Å². The molecule has 0 amide bonds. The van der Waals surface area contributed by atoms with E-state index in [-0.39, 0.29) is 0 Å². The van der Waals surface area contributed by atoms with E-state index in [0.717, 1.165) is 17.2 Å². The number of hydrogen-bond donors (Lipinski definition) is 1. The molecule has 0 bridgehead atoms. The van der Waals surface area contributed by atoms with Gasteiger partial charge in [0.1, 0.15) is 12.4 Å².